The molecule has 0 aromatic carbocycles. The molecule has 4 nitrogen and oxygen atoms in total. The molecule has 1 saturated carbocycles. The summed E-state index contributed by atoms with van der Waals surface area (Å²) in [5.74, 6) is -2.60. The van der Waals surface area contributed by atoms with Gasteiger partial charge in [0.15, 0.2) is 0 Å². The van der Waals surface area contributed by atoms with Crippen molar-refractivity contribution >= 4 is 11.9 Å². The first-order valence-corrected chi connectivity index (χ1v) is 3.57. The number of hydrogen-bond donors (Lipinski definition) is 2. The van der Waals surface area contributed by atoms with E-state index >= 15 is 0 Å². The largest absolute Gasteiger partial charge is 0.481 e. The van der Waals surface area contributed by atoms with Crippen molar-refractivity contribution in [2.45, 2.75) is 19.3 Å². The van der Waals surface area contributed by atoms with Gasteiger partial charge in [-0.3, -0.25) is 9.59 Å². The summed E-state index contributed by atoms with van der Waals surface area (Å²) in [5, 5.41) is 17.0. The molecule has 11 heavy (non-hydrogen) atoms. The summed E-state index contributed by atoms with van der Waals surface area (Å²) in [6.45, 7) is 0. The Bertz CT molecular complexity index is 167. The summed E-state index contributed by atoms with van der Waals surface area (Å²) >= 11 is 0. The molecule has 0 saturated heterocycles. The van der Waals surface area contributed by atoms with Crippen LogP contribution in [0.4, 0.5) is 0 Å². The molecule has 0 aromatic heterocycles. The number of carboxylic acids is 2. The molecule has 1 rings (SSSR count). The molecule has 0 amide bonds. The lowest BCUT2D eigenvalue weighted by Gasteiger charge is -2.01. The third-order valence-electron chi connectivity index (χ3n) is 2.13. The van der Waals surface area contributed by atoms with Crippen LogP contribution in [0.1, 0.15) is 19.3 Å². The molecule has 0 aliphatic heterocycles. The van der Waals surface area contributed by atoms with Crippen LogP contribution in [-0.4, -0.2) is 22.2 Å². The van der Waals surface area contributed by atoms with E-state index in [1.54, 1.807) is 0 Å². The van der Waals surface area contributed by atoms with Gasteiger partial charge in [-0.15, -0.1) is 0 Å². The molecule has 1 fully saturated rings. The topological polar surface area (TPSA) is 74.6 Å². The Kier molecular flexibility index (Phi) is 2.12. The van der Waals surface area contributed by atoms with Gasteiger partial charge < -0.3 is 10.2 Å². The molecular weight excluding hydrogens is 148 g/mol. The predicted octanol–water partition coefficient (Wildman–Crippen LogP) is 0.572. The molecule has 1 aliphatic rings. The van der Waals surface area contributed by atoms with Crippen LogP contribution in [0.25, 0.3) is 0 Å². The number of rotatable bonds is 2. The fraction of sp³-hybridized carbons (Fsp3) is 0.714. The van der Waals surface area contributed by atoms with Gasteiger partial charge in [0.2, 0.25) is 0 Å². The lowest BCUT2D eigenvalue weighted by Crippen LogP contribution is -2.13. The molecule has 2 N–H and O–H groups in total. The van der Waals surface area contributed by atoms with Gasteiger partial charge in [-0.05, 0) is 19.3 Å². The first-order chi connectivity index (χ1) is 5.11. The number of aliphatic carboxylic acids is 2. The van der Waals surface area contributed by atoms with Crippen molar-refractivity contribution in [1.82, 2.24) is 0 Å². The zero-order chi connectivity index (χ0) is 8.43. The van der Waals surface area contributed by atoms with Crippen LogP contribution in [0.5, 0.6) is 0 Å². The summed E-state index contributed by atoms with van der Waals surface area (Å²) in [5.41, 5.74) is 0. The van der Waals surface area contributed by atoms with Crippen molar-refractivity contribution in [3.8, 4) is 0 Å². The Morgan fingerprint density at radius 3 is 1.55 bits per heavy atom. The van der Waals surface area contributed by atoms with Gasteiger partial charge in [0.25, 0.3) is 0 Å². The second kappa shape index (κ2) is 2.90. The Balaban J connectivity index is 2.47. The van der Waals surface area contributed by atoms with E-state index < -0.39 is 23.8 Å². The molecule has 4 heteroatoms. The van der Waals surface area contributed by atoms with Gasteiger partial charge in [-0.2, -0.15) is 0 Å². The summed E-state index contributed by atoms with van der Waals surface area (Å²) in [6.07, 6.45) is 1.31. The van der Waals surface area contributed by atoms with E-state index in [1.165, 1.54) is 0 Å². The van der Waals surface area contributed by atoms with Crippen molar-refractivity contribution < 1.29 is 19.8 Å². The van der Waals surface area contributed by atoms with E-state index in [-0.39, 0.29) is 0 Å². The summed E-state index contributed by atoms with van der Waals surface area (Å²) < 4.78 is 0. The van der Waals surface area contributed by atoms with Gasteiger partial charge in [-0.25, -0.2) is 0 Å². The SMILES string of the molecule is O=C(O)C1CC[C@@H](C(=O)O)C1. The van der Waals surface area contributed by atoms with Gasteiger partial charge in [0.05, 0.1) is 11.8 Å². The third kappa shape index (κ3) is 1.69. The Morgan fingerprint density at radius 2 is 1.36 bits per heavy atom. The maximum atomic E-state index is 10.4. The minimum absolute atomic E-state index is 0.296. The fourth-order valence-corrected chi connectivity index (χ4v) is 1.43. The molecule has 0 radical (unpaired) electrons. The fourth-order valence-electron chi connectivity index (χ4n) is 1.43. The highest BCUT2D eigenvalue weighted by Gasteiger charge is 2.33. The van der Waals surface area contributed by atoms with Crippen molar-refractivity contribution in [2.24, 2.45) is 11.8 Å². The van der Waals surface area contributed by atoms with Crippen molar-refractivity contribution in [2.75, 3.05) is 0 Å². The van der Waals surface area contributed by atoms with Gasteiger partial charge >= 0.3 is 11.9 Å². The smallest absolute Gasteiger partial charge is 0.306 e. The zero-order valence-corrected chi connectivity index (χ0v) is 5.99. The van der Waals surface area contributed by atoms with Crippen molar-refractivity contribution in [1.29, 1.82) is 0 Å². The second-order valence-electron chi connectivity index (χ2n) is 2.88. The van der Waals surface area contributed by atoms with Crippen LogP contribution in [-0.2, 0) is 9.59 Å². The average Bonchev–Trinajstić information content (AvgIpc) is 2.33. The normalized spacial score (nSPS) is 30.2. The molecule has 0 spiro atoms. The predicted molar refractivity (Wildman–Crippen MR) is 36.1 cm³/mol. The quantitative estimate of drug-likeness (QED) is 0.616. The summed E-state index contributed by atoms with van der Waals surface area (Å²) in [7, 11) is 0. The van der Waals surface area contributed by atoms with Crippen LogP contribution in [0.15, 0.2) is 0 Å². The van der Waals surface area contributed by atoms with Gasteiger partial charge in [0, 0.05) is 0 Å². The first-order valence-electron chi connectivity index (χ1n) is 3.57. The maximum absolute atomic E-state index is 10.4. The summed E-state index contributed by atoms with van der Waals surface area (Å²) in [6, 6.07) is 0. The minimum atomic E-state index is -0.867. The highest BCUT2D eigenvalue weighted by molar-refractivity contribution is 5.75. The molecular formula is C7H10O4. The van der Waals surface area contributed by atoms with Crippen molar-refractivity contribution in [3.05, 3.63) is 0 Å². The van der Waals surface area contributed by atoms with E-state index in [0.29, 0.717) is 19.3 Å². The van der Waals surface area contributed by atoms with E-state index in [4.69, 9.17) is 10.2 Å². The number of carbonyl (C=O) groups is 2. The minimum Gasteiger partial charge on any atom is -0.481 e. The van der Waals surface area contributed by atoms with Crippen LogP contribution in [0.2, 0.25) is 0 Å². The lowest BCUT2D eigenvalue weighted by molar-refractivity contribution is -0.143. The average molecular weight is 158 g/mol. The molecule has 0 bridgehead atoms. The zero-order valence-electron chi connectivity index (χ0n) is 5.99. The number of hydrogen-bond acceptors (Lipinski definition) is 2. The Hall–Kier alpha value is -1.06. The highest BCUT2D eigenvalue weighted by Crippen LogP contribution is 2.30. The Labute approximate surface area is 63.8 Å². The van der Waals surface area contributed by atoms with Gasteiger partial charge in [0.1, 0.15) is 0 Å². The van der Waals surface area contributed by atoms with E-state index in [1.807, 2.05) is 0 Å². The van der Waals surface area contributed by atoms with Crippen LogP contribution < -0.4 is 0 Å². The summed E-state index contributed by atoms with van der Waals surface area (Å²) in [4.78, 5) is 20.8. The maximum Gasteiger partial charge on any atom is 0.306 e. The van der Waals surface area contributed by atoms with E-state index in [2.05, 4.69) is 0 Å². The van der Waals surface area contributed by atoms with Crippen LogP contribution in [0.3, 0.4) is 0 Å². The molecule has 0 heterocycles. The van der Waals surface area contributed by atoms with Gasteiger partial charge in [-0.1, -0.05) is 0 Å². The molecule has 1 unspecified atom stereocenters. The number of carboxylic acid groups (broad SMARTS) is 2. The molecule has 62 valence electrons. The molecule has 2 atom stereocenters. The second-order valence-corrected chi connectivity index (χ2v) is 2.88. The first kappa shape index (κ1) is 8.04. The molecule has 0 aromatic rings. The van der Waals surface area contributed by atoms with Crippen LogP contribution in [0, 0.1) is 11.8 Å². The van der Waals surface area contributed by atoms with E-state index in [9.17, 15) is 9.59 Å². The van der Waals surface area contributed by atoms with E-state index in [0.717, 1.165) is 0 Å². The lowest BCUT2D eigenvalue weighted by atomic mass is 10.1. The molecule has 1 aliphatic carbocycles. The monoisotopic (exact) mass is 158 g/mol. The highest BCUT2D eigenvalue weighted by atomic mass is 16.4. The Morgan fingerprint density at radius 1 is 1.00 bits per heavy atom. The van der Waals surface area contributed by atoms with Crippen LogP contribution >= 0.6 is 0 Å². The standard InChI is InChI=1S/C7H10O4/c8-6(9)4-1-2-5(3-4)7(10)11/h4-5H,1-3H2,(H,8,9)(H,10,11)/t4-,5?/m1/s1. The third-order valence-corrected chi connectivity index (χ3v) is 2.13. The van der Waals surface area contributed by atoms with Crippen molar-refractivity contribution in [3.63, 3.8) is 0 Å².